The Kier molecular flexibility index (Phi) is 3.17. The fourth-order valence-corrected chi connectivity index (χ4v) is 3.38. The lowest BCUT2D eigenvalue weighted by Gasteiger charge is -2.40. The van der Waals surface area contributed by atoms with Crippen LogP contribution in [-0.2, 0) is 0 Å². The van der Waals surface area contributed by atoms with Crippen molar-refractivity contribution in [3.8, 4) is 11.5 Å². The van der Waals surface area contributed by atoms with Gasteiger partial charge in [0.15, 0.2) is 0 Å². The van der Waals surface area contributed by atoms with Gasteiger partial charge in [-0.25, -0.2) is 0 Å². The van der Waals surface area contributed by atoms with Gasteiger partial charge >= 0.3 is 0 Å². The van der Waals surface area contributed by atoms with E-state index in [9.17, 15) is 5.11 Å². The molecule has 1 fully saturated rings. The number of rotatable bonds is 2. The molecule has 1 aromatic rings. The second-order valence-electron chi connectivity index (χ2n) is 6.54. The zero-order valence-corrected chi connectivity index (χ0v) is 11.8. The highest BCUT2D eigenvalue weighted by molar-refractivity contribution is 5.44. The van der Waals surface area contributed by atoms with Gasteiger partial charge in [0.2, 0.25) is 0 Å². The summed E-state index contributed by atoms with van der Waals surface area (Å²) >= 11 is 0. The Labute approximate surface area is 115 Å². The fraction of sp³-hybridized carbons (Fsp3) is 0.625. The molecule has 1 aliphatic carbocycles. The predicted octanol–water partition coefficient (Wildman–Crippen LogP) is 3.38. The monoisotopic (exact) mass is 261 g/mol. The predicted molar refractivity (Wildman–Crippen MR) is 75.5 cm³/mol. The molecule has 2 atom stereocenters. The van der Waals surface area contributed by atoms with Gasteiger partial charge in [0.05, 0.1) is 6.04 Å². The summed E-state index contributed by atoms with van der Waals surface area (Å²) in [6.07, 6.45) is 5.20. The molecule has 0 amide bonds. The molecular formula is C16H23NO2. The van der Waals surface area contributed by atoms with Gasteiger partial charge in [0.1, 0.15) is 18.1 Å². The SMILES string of the molecule is CC1(C)CCCCC1NC1COc2cc(O)ccc21. The molecule has 3 heteroatoms. The van der Waals surface area contributed by atoms with Gasteiger partial charge in [-0.15, -0.1) is 0 Å². The van der Waals surface area contributed by atoms with Crippen LogP contribution in [0, 0.1) is 5.41 Å². The number of hydrogen-bond acceptors (Lipinski definition) is 3. The minimum Gasteiger partial charge on any atom is -0.508 e. The van der Waals surface area contributed by atoms with Crippen molar-refractivity contribution in [2.75, 3.05) is 6.61 Å². The van der Waals surface area contributed by atoms with Gasteiger partial charge in [0.25, 0.3) is 0 Å². The summed E-state index contributed by atoms with van der Waals surface area (Å²) in [7, 11) is 0. The molecule has 1 aromatic carbocycles. The van der Waals surface area contributed by atoms with Crippen molar-refractivity contribution in [3.05, 3.63) is 23.8 Å². The van der Waals surface area contributed by atoms with Crippen molar-refractivity contribution in [1.29, 1.82) is 0 Å². The first kappa shape index (κ1) is 12.8. The molecule has 1 heterocycles. The van der Waals surface area contributed by atoms with E-state index in [0.29, 0.717) is 18.1 Å². The molecule has 2 N–H and O–H groups in total. The van der Waals surface area contributed by atoms with Crippen molar-refractivity contribution < 1.29 is 9.84 Å². The van der Waals surface area contributed by atoms with Gasteiger partial charge in [0, 0.05) is 17.7 Å². The van der Waals surface area contributed by atoms with Gasteiger partial charge in [-0.1, -0.05) is 26.7 Å². The van der Waals surface area contributed by atoms with Gasteiger partial charge in [-0.05, 0) is 30.4 Å². The summed E-state index contributed by atoms with van der Waals surface area (Å²) in [5, 5.41) is 13.3. The number of fused-ring (bicyclic) bond motifs is 1. The molecule has 3 rings (SSSR count). The highest BCUT2D eigenvalue weighted by Gasteiger charge is 2.35. The maximum atomic E-state index is 9.49. The van der Waals surface area contributed by atoms with Crippen molar-refractivity contribution in [1.82, 2.24) is 5.32 Å². The summed E-state index contributed by atoms with van der Waals surface area (Å²) in [5.41, 5.74) is 1.54. The quantitative estimate of drug-likeness (QED) is 0.857. The second kappa shape index (κ2) is 4.71. The van der Waals surface area contributed by atoms with Crippen LogP contribution in [0.3, 0.4) is 0 Å². The third-order valence-electron chi connectivity index (χ3n) is 4.69. The molecule has 2 unspecified atom stereocenters. The van der Waals surface area contributed by atoms with Crippen LogP contribution in [0.25, 0.3) is 0 Å². The average Bonchev–Trinajstić information content (AvgIpc) is 2.74. The van der Waals surface area contributed by atoms with Crippen LogP contribution in [0.15, 0.2) is 18.2 Å². The van der Waals surface area contributed by atoms with Crippen molar-refractivity contribution in [3.63, 3.8) is 0 Å². The largest absolute Gasteiger partial charge is 0.508 e. The molecule has 0 spiro atoms. The van der Waals surface area contributed by atoms with Crippen LogP contribution in [0.4, 0.5) is 0 Å². The Bertz CT molecular complexity index is 470. The summed E-state index contributed by atoms with van der Waals surface area (Å²) in [6, 6.07) is 6.25. The smallest absolute Gasteiger partial charge is 0.127 e. The molecule has 0 radical (unpaired) electrons. The first-order valence-electron chi connectivity index (χ1n) is 7.28. The van der Waals surface area contributed by atoms with E-state index in [1.54, 1.807) is 12.1 Å². The number of phenols is 1. The number of aromatic hydroxyl groups is 1. The minimum absolute atomic E-state index is 0.262. The third-order valence-corrected chi connectivity index (χ3v) is 4.69. The minimum atomic E-state index is 0.262. The summed E-state index contributed by atoms with van der Waals surface area (Å²) in [6.45, 7) is 5.39. The van der Waals surface area contributed by atoms with E-state index in [2.05, 4.69) is 19.2 Å². The first-order chi connectivity index (χ1) is 9.06. The Morgan fingerprint density at radius 1 is 1.32 bits per heavy atom. The van der Waals surface area contributed by atoms with E-state index in [0.717, 1.165) is 5.75 Å². The standard InChI is InChI=1S/C16H23NO2/c1-16(2)8-4-3-5-15(16)17-13-10-19-14-9-11(18)6-7-12(13)14/h6-7,9,13,15,17-18H,3-5,8,10H2,1-2H3. The number of hydrogen-bond donors (Lipinski definition) is 2. The molecule has 19 heavy (non-hydrogen) atoms. The molecule has 1 saturated carbocycles. The van der Waals surface area contributed by atoms with E-state index in [1.165, 1.54) is 31.2 Å². The topological polar surface area (TPSA) is 41.5 Å². The average molecular weight is 261 g/mol. The van der Waals surface area contributed by atoms with Crippen molar-refractivity contribution >= 4 is 0 Å². The van der Waals surface area contributed by atoms with Crippen LogP contribution in [-0.4, -0.2) is 17.8 Å². The zero-order valence-electron chi connectivity index (χ0n) is 11.8. The van der Waals surface area contributed by atoms with E-state index in [-0.39, 0.29) is 11.8 Å². The molecule has 104 valence electrons. The number of ether oxygens (including phenoxy) is 1. The van der Waals surface area contributed by atoms with Crippen LogP contribution in [0.5, 0.6) is 11.5 Å². The van der Waals surface area contributed by atoms with Crippen LogP contribution >= 0.6 is 0 Å². The Morgan fingerprint density at radius 3 is 2.95 bits per heavy atom. The Balaban J connectivity index is 1.75. The maximum absolute atomic E-state index is 9.49. The molecule has 3 nitrogen and oxygen atoms in total. The maximum Gasteiger partial charge on any atom is 0.127 e. The summed E-state index contributed by atoms with van der Waals surface area (Å²) < 4.78 is 5.68. The fourth-order valence-electron chi connectivity index (χ4n) is 3.38. The van der Waals surface area contributed by atoms with E-state index in [1.807, 2.05) is 6.07 Å². The second-order valence-corrected chi connectivity index (χ2v) is 6.54. The number of nitrogens with one attached hydrogen (secondary N) is 1. The number of benzene rings is 1. The van der Waals surface area contributed by atoms with Crippen LogP contribution in [0.2, 0.25) is 0 Å². The number of phenolic OH excluding ortho intramolecular Hbond substituents is 1. The lowest BCUT2D eigenvalue weighted by Crippen LogP contribution is -2.46. The van der Waals surface area contributed by atoms with Gasteiger partial charge < -0.3 is 15.2 Å². The van der Waals surface area contributed by atoms with E-state index < -0.39 is 0 Å². The van der Waals surface area contributed by atoms with Gasteiger partial charge in [-0.3, -0.25) is 0 Å². The highest BCUT2D eigenvalue weighted by Crippen LogP contribution is 2.40. The highest BCUT2D eigenvalue weighted by atomic mass is 16.5. The van der Waals surface area contributed by atoms with E-state index >= 15 is 0 Å². The van der Waals surface area contributed by atoms with Crippen LogP contribution in [0.1, 0.15) is 51.1 Å². The Morgan fingerprint density at radius 2 is 2.16 bits per heavy atom. The summed E-state index contributed by atoms with van der Waals surface area (Å²) in [4.78, 5) is 0. The Hall–Kier alpha value is -1.22. The van der Waals surface area contributed by atoms with Gasteiger partial charge in [-0.2, -0.15) is 0 Å². The summed E-state index contributed by atoms with van der Waals surface area (Å²) in [5.74, 6) is 1.10. The lowest BCUT2D eigenvalue weighted by atomic mass is 9.73. The molecule has 0 saturated heterocycles. The lowest BCUT2D eigenvalue weighted by molar-refractivity contribution is 0.148. The molecule has 0 bridgehead atoms. The zero-order chi connectivity index (χ0) is 13.5. The third kappa shape index (κ3) is 2.44. The van der Waals surface area contributed by atoms with Crippen molar-refractivity contribution in [2.45, 2.75) is 51.6 Å². The molecule has 0 aromatic heterocycles. The molecule has 2 aliphatic rings. The first-order valence-corrected chi connectivity index (χ1v) is 7.28. The van der Waals surface area contributed by atoms with E-state index in [4.69, 9.17) is 4.74 Å². The molecule has 1 aliphatic heterocycles. The van der Waals surface area contributed by atoms with Crippen LogP contribution < -0.4 is 10.1 Å². The molecular weight excluding hydrogens is 238 g/mol. The van der Waals surface area contributed by atoms with Crippen molar-refractivity contribution in [2.24, 2.45) is 5.41 Å². The normalized spacial score (nSPS) is 28.7.